The van der Waals surface area contributed by atoms with E-state index < -0.39 is 34.2 Å². The maximum Gasteiger partial charge on any atom is 0.350 e. The fourth-order valence-corrected chi connectivity index (χ4v) is 1.20. The molecule has 0 amide bonds. The Bertz CT molecular complexity index is 568. The van der Waals surface area contributed by atoms with E-state index in [0.29, 0.717) is 4.57 Å². The van der Waals surface area contributed by atoms with Gasteiger partial charge in [0.25, 0.3) is 0 Å². The van der Waals surface area contributed by atoms with Gasteiger partial charge in [-0.05, 0) is 6.92 Å². The van der Waals surface area contributed by atoms with Crippen LogP contribution in [0.1, 0.15) is 6.92 Å². The first kappa shape index (κ1) is 11.8. The van der Waals surface area contributed by atoms with Crippen LogP contribution in [0.4, 0.5) is 5.69 Å². The molecule has 1 heterocycles. The zero-order valence-corrected chi connectivity index (χ0v) is 8.67. The highest BCUT2D eigenvalue weighted by Gasteiger charge is 2.18. The van der Waals surface area contributed by atoms with Crippen LogP contribution < -0.4 is 11.2 Å². The SMILES string of the molecule is CC(=O)Cn1c(=O)c([N+](=O)[O-])cn(C)c1=O. The van der Waals surface area contributed by atoms with E-state index >= 15 is 0 Å². The molecule has 0 aliphatic carbocycles. The van der Waals surface area contributed by atoms with Gasteiger partial charge in [0, 0.05) is 7.05 Å². The Balaban J connectivity index is 3.59. The summed E-state index contributed by atoms with van der Waals surface area (Å²) < 4.78 is 1.43. The second-order valence-electron chi connectivity index (χ2n) is 3.26. The molecule has 0 saturated carbocycles. The molecule has 0 aliphatic heterocycles. The minimum atomic E-state index is -1.07. The molecule has 0 bridgehead atoms. The molecule has 8 nitrogen and oxygen atoms in total. The van der Waals surface area contributed by atoms with Gasteiger partial charge in [-0.1, -0.05) is 0 Å². The number of ketones is 1. The van der Waals surface area contributed by atoms with Crippen LogP contribution in [0.15, 0.2) is 15.8 Å². The summed E-state index contributed by atoms with van der Waals surface area (Å²) in [4.78, 5) is 43.4. The predicted molar refractivity (Wildman–Crippen MR) is 53.3 cm³/mol. The molecular weight excluding hydrogens is 218 g/mol. The van der Waals surface area contributed by atoms with Gasteiger partial charge in [-0.15, -0.1) is 0 Å². The number of carbonyl (C=O) groups excluding carboxylic acids is 1. The molecule has 0 fully saturated rings. The average Bonchev–Trinajstić information content (AvgIpc) is 2.17. The highest BCUT2D eigenvalue weighted by Crippen LogP contribution is 1.98. The van der Waals surface area contributed by atoms with Gasteiger partial charge in [0.1, 0.15) is 5.78 Å². The van der Waals surface area contributed by atoms with Gasteiger partial charge in [0.05, 0.1) is 17.7 Å². The van der Waals surface area contributed by atoms with Crippen LogP contribution in [0.2, 0.25) is 0 Å². The average molecular weight is 227 g/mol. The van der Waals surface area contributed by atoms with Crippen LogP contribution in [0.25, 0.3) is 0 Å². The number of Topliss-reactive ketones (excluding diaryl/α,β-unsaturated/α-hetero) is 1. The van der Waals surface area contributed by atoms with Crippen molar-refractivity contribution in [3.8, 4) is 0 Å². The van der Waals surface area contributed by atoms with E-state index in [4.69, 9.17) is 0 Å². The Morgan fingerprint density at radius 2 is 2.06 bits per heavy atom. The minimum Gasteiger partial charge on any atom is -0.298 e. The van der Waals surface area contributed by atoms with Crippen molar-refractivity contribution in [2.45, 2.75) is 13.5 Å². The van der Waals surface area contributed by atoms with E-state index in [0.717, 1.165) is 10.8 Å². The summed E-state index contributed by atoms with van der Waals surface area (Å²) in [5.41, 5.74) is -2.56. The van der Waals surface area contributed by atoms with Gasteiger partial charge < -0.3 is 0 Å². The fourth-order valence-electron chi connectivity index (χ4n) is 1.20. The lowest BCUT2D eigenvalue weighted by molar-refractivity contribution is -0.387. The van der Waals surface area contributed by atoms with E-state index in [-0.39, 0.29) is 0 Å². The molecule has 0 aliphatic rings. The maximum absolute atomic E-state index is 11.5. The summed E-state index contributed by atoms with van der Waals surface area (Å²) in [5.74, 6) is -0.431. The Morgan fingerprint density at radius 3 is 2.50 bits per heavy atom. The van der Waals surface area contributed by atoms with Crippen molar-refractivity contribution in [3.63, 3.8) is 0 Å². The number of aryl methyl sites for hydroxylation is 1. The predicted octanol–water partition coefficient (Wildman–Crippen LogP) is -0.956. The van der Waals surface area contributed by atoms with Crippen molar-refractivity contribution in [1.29, 1.82) is 0 Å². The Hall–Kier alpha value is -2.25. The Labute approximate surface area is 88.9 Å². The number of rotatable bonds is 3. The first-order valence-corrected chi connectivity index (χ1v) is 4.29. The van der Waals surface area contributed by atoms with Gasteiger partial charge in [-0.3, -0.25) is 24.3 Å². The summed E-state index contributed by atoms with van der Waals surface area (Å²) in [6.07, 6.45) is 0.835. The summed E-state index contributed by atoms with van der Waals surface area (Å²) in [7, 11) is 1.27. The van der Waals surface area contributed by atoms with Gasteiger partial charge in [0.2, 0.25) is 0 Å². The van der Waals surface area contributed by atoms with Crippen LogP contribution in [0.5, 0.6) is 0 Å². The summed E-state index contributed by atoms with van der Waals surface area (Å²) in [5, 5.41) is 10.5. The molecule has 1 aromatic rings. The van der Waals surface area contributed by atoms with E-state index in [9.17, 15) is 24.5 Å². The van der Waals surface area contributed by atoms with Crippen LogP contribution in [0, 0.1) is 10.1 Å². The topological polar surface area (TPSA) is 104 Å². The normalized spacial score (nSPS) is 10.1. The number of carbonyl (C=O) groups is 1. The van der Waals surface area contributed by atoms with Crippen LogP contribution in [-0.2, 0) is 18.4 Å². The third-order valence-corrected chi connectivity index (χ3v) is 1.89. The number of nitro groups is 1. The lowest BCUT2D eigenvalue weighted by Gasteiger charge is -2.04. The molecule has 86 valence electrons. The van der Waals surface area contributed by atoms with Crippen molar-refractivity contribution < 1.29 is 9.72 Å². The molecule has 1 rings (SSSR count). The number of hydrogen-bond donors (Lipinski definition) is 0. The maximum atomic E-state index is 11.5. The standard InChI is InChI=1S/C8H9N3O5/c1-5(12)3-10-7(13)6(11(15)16)4-9(2)8(10)14/h4H,3H2,1-2H3. The summed E-state index contributed by atoms with van der Waals surface area (Å²) >= 11 is 0. The molecule has 1 aromatic heterocycles. The molecule has 0 radical (unpaired) electrons. The van der Waals surface area contributed by atoms with E-state index in [1.807, 2.05) is 0 Å². The first-order valence-electron chi connectivity index (χ1n) is 4.29. The molecular formula is C8H9N3O5. The first-order chi connectivity index (χ1) is 7.34. The zero-order chi connectivity index (χ0) is 12.5. The van der Waals surface area contributed by atoms with E-state index in [1.165, 1.54) is 14.0 Å². The number of nitrogens with zero attached hydrogens (tertiary/aromatic N) is 3. The summed E-state index contributed by atoms with van der Waals surface area (Å²) in [6, 6.07) is 0. The molecule has 16 heavy (non-hydrogen) atoms. The molecule has 0 unspecified atom stereocenters. The second-order valence-corrected chi connectivity index (χ2v) is 3.26. The minimum absolute atomic E-state index is 0.431. The Morgan fingerprint density at radius 1 is 1.50 bits per heavy atom. The third kappa shape index (κ3) is 2.05. The molecule has 0 N–H and O–H groups in total. The molecule has 0 aromatic carbocycles. The van der Waals surface area contributed by atoms with Gasteiger partial charge >= 0.3 is 16.9 Å². The van der Waals surface area contributed by atoms with Gasteiger partial charge in [-0.25, -0.2) is 9.36 Å². The van der Waals surface area contributed by atoms with Crippen molar-refractivity contribution in [3.05, 3.63) is 37.1 Å². The zero-order valence-electron chi connectivity index (χ0n) is 8.67. The fraction of sp³-hybridized carbons (Fsp3) is 0.375. The van der Waals surface area contributed by atoms with Gasteiger partial charge in [0.15, 0.2) is 0 Å². The number of aromatic nitrogens is 2. The molecule has 8 heteroatoms. The number of hydrogen-bond acceptors (Lipinski definition) is 5. The van der Waals surface area contributed by atoms with Crippen LogP contribution >= 0.6 is 0 Å². The molecule has 0 saturated heterocycles. The van der Waals surface area contributed by atoms with Crippen molar-refractivity contribution in [2.75, 3.05) is 0 Å². The molecule has 0 spiro atoms. The smallest absolute Gasteiger partial charge is 0.298 e. The highest BCUT2D eigenvalue weighted by molar-refractivity contribution is 5.75. The lowest BCUT2D eigenvalue weighted by Crippen LogP contribution is -2.40. The third-order valence-electron chi connectivity index (χ3n) is 1.89. The Kier molecular flexibility index (Phi) is 3.02. The summed E-state index contributed by atoms with van der Waals surface area (Å²) in [6.45, 7) is 0.720. The molecule has 0 atom stereocenters. The van der Waals surface area contributed by atoms with Crippen molar-refractivity contribution >= 4 is 11.5 Å². The van der Waals surface area contributed by atoms with Crippen molar-refractivity contribution in [1.82, 2.24) is 9.13 Å². The monoisotopic (exact) mass is 227 g/mol. The van der Waals surface area contributed by atoms with Crippen LogP contribution in [-0.4, -0.2) is 19.8 Å². The highest BCUT2D eigenvalue weighted by atomic mass is 16.6. The lowest BCUT2D eigenvalue weighted by atomic mass is 10.4. The van der Waals surface area contributed by atoms with E-state index in [2.05, 4.69) is 0 Å². The van der Waals surface area contributed by atoms with Crippen LogP contribution in [0.3, 0.4) is 0 Å². The van der Waals surface area contributed by atoms with Crippen molar-refractivity contribution in [2.24, 2.45) is 7.05 Å². The largest absolute Gasteiger partial charge is 0.350 e. The second kappa shape index (κ2) is 4.09. The van der Waals surface area contributed by atoms with E-state index in [1.54, 1.807) is 0 Å². The van der Waals surface area contributed by atoms with Gasteiger partial charge in [-0.2, -0.15) is 0 Å². The quantitative estimate of drug-likeness (QED) is 0.488.